The third-order valence-corrected chi connectivity index (χ3v) is 15.2. The number of carbonyl (C=O) groups is 2. The molecule has 5 aromatic rings. The number of halogens is 1. The molecule has 8 N–H and O–H groups in total. The molecule has 17 heteroatoms. The molecule has 0 bridgehead atoms. The Labute approximate surface area is 450 Å². The number of allylic oxidation sites excluding steroid dienone is 4. The Morgan fingerprint density at radius 3 is 1.99 bits per heavy atom. The van der Waals surface area contributed by atoms with Crippen LogP contribution in [0.2, 0.25) is 0 Å². The van der Waals surface area contributed by atoms with E-state index in [1.807, 2.05) is 100 Å². The minimum absolute atomic E-state index is 0.0349. The van der Waals surface area contributed by atoms with Crippen molar-refractivity contribution in [2.24, 2.45) is 11.7 Å². The fourth-order valence-electron chi connectivity index (χ4n) is 10.2. The van der Waals surface area contributed by atoms with Crippen LogP contribution in [0.3, 0.4) is 0 Å². The molecule has 396 valence electrons. The molecule has 3 saturated heterocycles. The van der Waals surface area contributed by atoms with Gasteiger partial charge in [0, 0.05) is 107 Å². The van der Waals surface area contributed by atoms with Crippen molar-refractivity contribution in [2.45, 2.75) is 96.3 Å². The van der Waals surface area contributed by atoms with Crippen LogP contribution in [-0.4, -0.2) is 113 Å². The Balaban J connectivity index is 0.000000193. The number of amides is 2. The highest BCUT2D eigenvalue weighted by atomic mass is 79.9. The molecular formula is C58H73BrN12O4. The van der Waals surface area contributed by atoms with E-state index in [4.69, 9.17) is 25.6 Å². The summed E-state index contributed by atoms with van der Waals surface area (Å²) < 4.78 is 12.6. The first kappa shape index (κ1) is 54.4. The summed E-state index contributed by atoms with van der Waals surface area (Å²) in [5.74, 6) is 3.67. The molecule has 2 aromatic heterocycles. The van der Waals surface area contributed by atoms with Gasteiger partial charge in [-0.25, -0.2) is 4.98 Å². The fourth-order valence-corrected chi connectivity index (χ4v) is 10.5. The van der Waals surface area contributed by atoms with Gasteiger partial charge in [-0.15, -0.1) is 0 Å². The summed E-state index contributed by atoms with van der Waals surface area (Å²) in [6.45, 7) is 14.9. The van der Waals surface area contributed by atoms with Crippen LogP contribution in [0.1, 0.15) is 111 Å². The number of pyridine rings is 1. The number of nitrogens with two attached hydrogens (primary N) is 1. The zero-order chi connectivity index (χ0) is 53.3. The topological polar surface area (TPSA) is 212 Å². The van der Waals surface area contributed by atoms with Gasteiger partial charge in [-0.3, -0.25) is 25.1 Å². The van der Waals surface area contributed by atoms with Crippen LogP contribution >= 0.6 is 15.9 Å². The quantitative estimate of drug-likeness (QED) is 0.0460. The standard InChI is InChI=1S/C31H33N7O2.C23H28BrN5O2.2C2H6/c1-19-16-23(19)24-18-25-26(8-15-40-27(24)25)33-29(39)21-4-3-5-22(17-21)35-31(9-13-38(2)14-10-31)30-34-28(36-37-30)20-6-11-32-12-7-20;1-29-10-8-23(9-11-29,22(25)26)28-17-4-2-3-15(13-17)21(30)27-19-7-12-31-20-6-5-16(24)14-18(19)20;2*1-2/h3-7,11-12,16-19,26,35H,8-10,13-15H2,1-2H3,(H,33,39)(H,34,36,37);2-6,13-14,19,28H,7-12H2,1H3,(H3,25,26)(H,27,30);2*1-2H3. The second kappa shape index (κ2) is 24.2. The first-order valence-corrected chi connectivity index (χ1v) is 27.3. The van der Waals surface area contributed by atoms with E-state index < -0.39 is 11.1 Å². The number of amidine groups is 1. The van der Waals surface area contributed by atoms with Crippen LogP contribution in [0.25, 0.3) is 11.4 Å². The first-order chi connectivity index (χ1) is 36.3. The van der Waals surface area contributed by atoms with Gasteiger partial charge in [-0.05, 0) is 118 Å². The first-order valence-electron chi connectivity index (χ1n) is 26.5. The minimum atomic E-state index is -0.576. The van der Waals surface area contributed by atoms with Crippen LogP contribution in [0.4, 0.5) is 11.4 Å². The van der Waals surface area contributed by atoms with Crippen molar-refractivity contribution in [2.75, 3.05) is 64.1 Å². The smallest absolute Gasteiger partial charge is 0.251 e. The Bertz CT molecular complexity index is 2920. The number of benzene rings is 3. The fraction of sp³-hybridized carbons (Fsp3) is 0.414. The number of rotatable bonds is 12. The normalized spacial score (nSPS) is 20.9. The van der Waals surface area contributed by atoms with Crippen molar-refractivity contribution in [3.8, 4) is 17.1 Å². The minimum Gasteiger partial charge on any atom is -0.493 e. The number of piperidine rings is 2. The summed E-state index contributed by atoms with van der Waals surface area (Å²) in [5.41, 5.74) is 13.4. The Morgan fingerprint density at radius 2 is 1.36 bits per heavy atom. The number of aromatic amines is 1. The number of likely N-dealkylation sites (tertiary alicyclic amines) is 2. The Kier molecular flexibility index (Phi) is 17.6. The number of anilines is 2. The maximum atomic E-state index is 13.4. The van der Waals surface area contributed by atoms with Crippen LogP contribution in [0.15, 0.2) is 130 Å². The highest BCUT2D eigenvalue weighted by Gasteiger charge is 2.41. The lowest BCUT2D eigenvalue weighted by Gasteiger charge is -2.41. The highest BCUT2D eigenvalue weighted by molar-refractivity contribution is 9.10. The Hall–Kier alpha value is -6.82. The van der Waals surface area contributed by atoms with Gasteiger partial charge in [-0.2, -0.15) is 5.10 Å². The van der Waals surface area contributed by atoms with Gasteiger partial charge in [0.15, 0.2) is 11.6 Å². The van der Waals surface area contributed by atoms with Gasteiger partial charge in [0.05, 0.1) is 36.4 Å². The predicted molar refractivity (Wildman–Crippen MR) is 301 cm³/mol. The zero-order valence-electron chi connectivity index (χ0n) is 44.4. The lowest BCUT2D eigenvalue weighted by molar-refractivity contribution is 0.0912. The maximum Gasteiger partial charge on any atom is 0.251 e. The molecule has 0 spiro atoms. The summed E-state index contributed by atoms with van der Waals surface area (Å²) in [5, 5.41) is 29.5. The number of fused-ring (bicyclic) bond motifs is 2. The number of hydrogen-bond acceptors (Lipinski definition) is 12. The highest BCUT2D eigenvalue weighted by Crippen LogP contribution is 2.47. The molecule has 0 saturated carbocycles. The number of nitrogens with zero attached hydrogens (tertiary/aromatic N) is 5. The van der Waals surface area contributed by atoms with E-state index in [2.05, 4.69) is 95.3 Å². The molecule has 3 atom stereocenters. The van der Waals surface area contributed by atoms with E-state index in [0.29, 0.717) is 42.5 Å². The van der Waals surface area contributed by atoms with Crippen molar-refractivity contribution in [1.29, 1.82) is 5.41 Å². The van der Waals surface area contributed by atoms with Crippen molar-refractivity contribution in [3.05, 3.63) is 153 Å². The summed E-state index contributed by atoms with van der Waals surface area (Å²) in [7, 11) is 4.21. The molecule has 16 nitrogen and oxygen atoms in total. The Morgan fingerprint density at radius 1 is 0.773 bits per heavy atom. The third-order valence-electron chi connectivity index (χ3n) is 14.7. The average Bonchev–Trinajstić information content (AvgIpc) is 3.90. The number of H-pyrrole nitrogens is 1. The zero-order valence-corrected chi connectivity index (χ0v) is 45.9. The number of aromatic nitrogens is 4. The van der Waals surface area contributed by atoms with Crippen molar-refractivity contribution >= 4 is 45.0 Å². The van der Waals surface area contributed by atoms with Crippen molar-refractivity contribution in [1.82, 2.24) is 40.6 Å². The van der Waals surface area contributed by atoms with E-state index in [-0.39, 0.29) is 29.7 Å². The third kappa shape index (κ3) is 12.5. The molecule has 2 aliphatic carbocycles. The van der Waals surface area contributed by atoms with E-state index in [1.54, 1.807) is 18.5 Å². The van der Waals surface area contributed by atoms with E-state index >= 15 is 0 Å². The number of hydrogen-bond donors (Lipinski definition) is 7. The SMILES string of the molecule is CC.CC.CC1C=C1C1=C2OCCC(NC(=O)c3cccc(NC4(c5nc(-c6ccncc6)n[nH]5)CCN(C)CC4)c3)C2=C1.CN1CCC(Nc2cccc(C(=O)NC3CCOc4ccc(Br)cc43)c2)(C(=N)N)CC1. The largest absolute Gasteiger partial charge is 0.493 e. The van der Waals surface area contributed by atoms with Gasteiger partial charge in [0.2, 0.25) is 0 Å². The predicted octanol–water partition coefficient (Wildman–Crippen LogP) is 9.76. The molecule has 3 fully saturated rings. The molecule has 6 heterocycles. The van der Waals surface area contributed by atoms with Crippen molar-refractivity contribution < 1.29 is 19.1 Å². The number of ether oxygens (including phenoxy) is 2. The summed E-state index contributed by atoms with van der Waals surface area (Å²) in [4.78, 5) is 40.0. The monoisotopic (exact) mass is 1080 g/mol. The summed E-state index contributed by atoms with van der Waals surface area (Å²) in [6.07, 6.45) is 12.6. The lowest BCUT2D eigenvalue weighted by Crippen LogP contribution is -2.56. The van der Waals surface area contributed by atoms with Gasteiger partial charge in [-0.1, -0.05) is 68.8 Å². The summed E-state index contributed by atoms with van der Waals surface area (Å²) >= 11 is 3.50. The molecule has 75 heavy (non-hydrogen) atoms. The van der Waals surface area contributed by atoms with Crippen LogP contribution in [0, 0.1) is 11.3 Å². The lowest BCUT2D eigenvalue weighted by atomic mass is 9.85. The molecule has 2 amide bonds. The second-order valence-corrected chi connectivity index (χ2v) is 20.5. The van der Waals surface area contributed by atoms with E-state index in [9.17, 15) is 9.59 Å². The maximum absolute atomic E-state index is 13.4. The molecule has 6 aliphatic rings. The molecule has 11 rings (SSSR count). The summed E-state index contributed by atoms with van der Waals surface area (Å²) in [6, 6.07) is 24.7. The average molecular weight is 1080 g/mol. The second-order valence-electron chi connectivity index (χ2n) is 19.6. The van der Waals surface area contributed by atoms with Crippen LogP contribution in [0.5, 0.6) is 5.75 Å². The van der Waals surface area contributed by atoms with Gasteiger partial charge in [0.1, 0.15) is 17.3 Å². The molecular weight excluding hydrogens is 1010 g/mol. The van der Waals surface area contributed by atoms with E-state index in [0.717, 1.165) is 108 Å². The molecule has 3 aromatic carbocycles. The van der Waals surface area contributed by atoms with Crippen LogP contribution < -0.4 is 31.7 Å². The van der Waals surface area contributed by atoms with Gasteiger partial charge in [0.25, 0.3) is 11.8 Å². The molecule has 3 unspecified atom stereocenters. The molecule has 4 aliphatic heterocycles. The number of nitrogens with one attached hydrogen (secondary N) is 6. The van der Waals surface area contributed by atoms with Gasteiger partial charge < -0.3 is 46.3 Å². The van der Waals surface area contributed by atoms with Gasteiger partial charge >= 0.3 is 0 Å². The molecule has 0 radical (unpaired) electrons. The van der Waals surface area contributed by atoms with Crippen molar-refractivity contribution in [3.63, 3.8) is 0 Å². The van der Waals surface area contributed by atoms with E-state index in [1.165, 1.54) is 11.1 Å². The van der Waals surface area contributed by atoms with Crippen LogP contribution in [-0.2, 0) is 10.3 Å². The number of carbonyl (C=O) groups excluding carboxylic acids is 2.